The molecule has 2 bridgehead atoms. The molecule has 0 amide bonds. The summed E-state index contributed by atoms with van der Waals surface area (Å²) in [5.41, 5.74) is 2.35. The van der Waals surface area contributed by atoms with Gasteiger partial charge in [0.2, 0.25) is 0 Å². The Hall–Kier alpha value is -1.90. The van der Waals surface area contributed by atoms with E-state index in [1.807, 2.05) is 36.4 Å². The van der Waals surface area contributed by atoms with Crippen molar-refractivity contribution in [3.63, 3.8) is 0 Å². The number of hydrogen-bond donors (Lipinski definition) is 0. The molecule has 1 aromatic rings. The van der Waals surface area contributed by atoms with Crippen LogP contribution < -0.4 is 0 Å². The second-order valence-corrected chi connectivity index (χ2v) is 4.86. The molecule has 5 rings (SSSR count). The summed E-state index contributed by atoms with van der Waals surface area (Å²) in [4.78, 5) is 23.5. The van der Waals surface area contributed by atoms with Crippen molar-refractivity contribution < 1.29 is 14.3 Å². The van der Waals surface area contributed by atoms with Gasteiger partial charge in [-0.15, -0.1) is 0 Å². The van der Waals surface area contributed by atoms with Gasteiger partial charge < -0.3 is 4.74 Å². The quantitative estimate of drug-likeness (QED) is 0.384. The van der Waals surface area contributed by atoms with Crippen LogP contribution in [-0.4, -0.2) is 11.9 Å². The Morgan fingerprint density at radius 2 is 1.29 bits per heavy atom. The van der Waals surface area contributed by atoms with Gasteiger partial charge in [-0.1, -0.05) is 36.4 Å². The van der Waals surface area contributed by atoms with Crippen LogP contribution in [0.4, 0.5) is 0 Å². The van der Waals surface area contributed by atoms with Crippen molar-refractivity contribution in [2.45, 2.75) is 11.8 Å². The molecule has 0 spiro atoms. The first-order valence-corrected chi connectivity index (χ1v) is 5.80. The van der Waals surface area contributed by atoms with E-state index >= 15 is 0 Å². The molecule has 0 unspecified atom stereocenters. The van der Waals surface area contributed by atoms with Gasteiger partial charge in [0, 0.05) is 11.8 Å². The topological polar surface area (TPSA) is 43.4 Å². The first-order valence-electron chi connectivity index (χ1n) is 5.80. The zero-order valence-electron chi connectivity index (χ0n) is 9.00. The van der Waals surface area contributed by atoms with Gasteiger partial charge in [-0.25, -0.2) is 0 Å². The van der Waals surface area contributed by atoms with Crippen LogP contribution in [0.25, 0.3) is 0 Å². The lowest BCUT2D eigenvalue weighted by Gasteiger charge is -2.39. The maximum Gasteiger partial charge on any atom is 0.318 e. The summed E-state index contributed by atoms with van der Waals surface area (Å²) >= 11 is 0. The van der Waals surface area contributed by atoms with E-state index in [0.717, 1.165) is 0 Å². The van der Waals surface area contributed by atoms with E-state index in [4.69, 9.17) is 4.74 Å². The molecule has 4 aliphatic rings. The van der Waals surface area contributed by atoms with Gasteiger partial charge in [0.1, 0.15) is 0 Å². The molecule has 3 nitrogen and oxygen atoms in total. The van der Waals surface area contributed by atoms with Gasteiger partial charge in [-0.2, -0.15) is 0 Å². The Balaban J connectivity index is 1.97. The minimum atomic E-state index is -0.353. The smallest absolute Gasteiger partial charge is 0.318 e. The van der Waals surface area contributed by atoms with Crippen molar-refractivity contribution in [3.8, 4) is 0 Å². The molecule has 1 heterocycles. The predicted molar refractivity (Wildman–Crippen MR) is 59.1 cm³/mol. The maximum absolute atomic E-state index is 11.7. The number of ether oxygens (including phenoxy) is 1. The molecule has 0 N–H and O–H groups in total. The van der Waals surface area contributed by atoms with Gasteiger partial charge >= 0.3 is 11.9 Å². The lowest BCUT2D eigenvalue weighted by molar-refractivity contribution is -0.153. The van der Waals surface area contributed by atoms with Crippen molar-refractivity contribution in [3.05, 3.63) is 47.5 Å². The highest BCUT2D eigenvalue weighted by Gasteiger charge is 2.56. The Morgan fingerprint density at radius 1 is 0.824 bits per heavy atom. The van der Waals surface area contributed by atoms with Gasteiger partial charge in [0.25, 0.3) is 0 Å². The Bertz CT molecular complexity index is 524. The lowest BCUT2D eigenvalue weighted by atomic mass is 9.61. The highest BCUT2D eigenvalue weighted by Crippen LogP contribution is 2.54. The normalized spacial score (nSPS) is 36.7. The first kappa shape index (κ1) is 9.16. The zero-order valence-corrected chi connectivity index (χ0v) is 9.00. The molecule has 1 aromatic carbocycles. The molecular formula is C14H10O3. The standard InChI is InChI=1S/C14H10O3/c15-13-11-9-5-6-10(12(11)14(16)17-13)8-4-2-1-3-7(8)9/h1-6,9-12H/t9-,10+,11+,12-. The van der Waals surface area contributed by atoms with Crippen LogP contribution in [0.1, 0.15) is 23.0 Å². The molecule has 84 valence electrons. The van der Waals surface area contributed by atoms with Crippen LogP contribution in [0, 0.1) is 11.8 Å². The van der Waals surface area contributed by atoms with E-state index < -0.39 is 0 Å². The number of hydrogen-bond acceptors (Lipinski definition) is 3. The Kier molecular flexibility index (Phi) is 1.54. The summed E-state index contributed by atoms with van der Waals surface area (Å²) in [5, 5.41) is 0. The number of esters is 2. The first-order chi connectivity index (χ1) is 8.27. The number of rotatable bonds is 0. The van der Waals surface area contributed by atoms with E-state index in [-0.39, 0.29) is 35.6 Å². The molecule has 1 saturated heterocycles. The fraction of sp³-hybridized carbons (Fsp3) is 0.286. The van der Waals surface area contributed by atoms with E-state index in [2.05, 4.69) is 0 Å². The summed E-state index contributed by atoms with van der Waals surface area (Å²) in [6.07, 6.45) is 4.10. The maximum atomic E-state index is 11.7. The number of allylic oxidation sites excluding steroid dienone is 2. The van der Waals surface area contributed by atoms with Crippen molar-refractivity contribution >= 4 is 11.9 Å². The summed E-state index contributed by atoms with van der Waals surface area (Å²) in [6.45, 7) is 0. The van der Waals surface area contributed by atoms with Crippen molar-refractivity contribution in [2.75, 3.05) is 0 Å². The number of carbonyl (C=O) groups excluding carboxylic acids is 2. The van der Waals surface area contributed by atoms with Crippen LogP contribution in [0.3, 0.4) is 0 Å². The number of benzene rings is 1. The molecule has 1 aliphatic heterocycles. The number of carbonyl (C=O) groups is 2. The SMILES string of the molecule is O=C1OC(=O)[C@H]2[C@@H]1[C@@H]1C=C[C@H]2c2ccccc21. The van der Waals surface area contributed by atoms with Crippen molar-refractivity contribution in [2.24, 2.45) is 11.8 Å². The monoisotopic (exact) mass is 226 g/mol. The van der Waals surface area contributed by atoms with Gasteiger partial charge in [0.15, 0.2) is 0 Å². The van der Waals surface area contributed by atoms with Gasteiger partial charge in [-0.05, 0) is 11.1 Å². The molecule has 17 heavy (non-hydrogen) atoms. The van der Waals surface area contributed by atoms with E-state index in [1.54, 1.807) is 0 Å². The van der Waals surface area contributed by atoms with Crippen LogP contribution in [0.2, 0.25) is 0 Å². The van der Waals surface area contributed by atoms with E-state index in [0.29, 0.717) is 0 Å². The Morgan fingerprint density at radius 3 is 1.76 bits per heavy atom. The van der Waals surface area contributed by atoms with Gasteiger partial charge in [0.05, 0.1) is 11.8 Å². The molecular weight excluding hydrogens is 216 g/mol. The summed E-state index contributed by atoms with van der Waals surface area (Å²) in [6, 6.07) is 8.04. The fourth-order valence-electron chi connectivity index (χ4n) is 3.46. The second-order valence-electron chi connectivity index (χ2n) is 4.86. The Labute approximate surface area is 98.1 Å². The summed E-state index contributed by atoms with van der Waals surface area (Å²) < 4.78 is 4.80. The minimum absolute atomic E-state index is 0.0140. The molecule has 3 aliphatic carbocycles. The highest BCUT2D eigenvalue weighted by atomic mass is 16.6. The molecule has 1 fully saturated rings. The number of cyclic esters (lactones) is 2. The molecule has 0 aromatic heterocycles. The second kappa shape index (κ2) is 2.86. The van der Waals surface area contributed by atoms with Crippen LogP contribution >= 0.6 is 0 Å². The molecule has 0 radical (unpaired) electrons. The zero-order chi connectivity index (χ0) is 11.6. The molecule has 4 atom stereocenters. The van der Waals surface area contributed by atoms with Crippen LogP contribution in [0.5, 0.6) is 0 Å². The minimum Gasteiger partial charge on any atom is -0.393 e. The third-order valence-electron chi connectivity index (χ3n) is 4.15. The van der Waals surface area contributed by atoms with Crippen molar-refractivity contribution in [1.29, 1.82) is 0 Å². The van der Waals surface area contributed by atoms with E-state index in [1.165, 1.54) is 11.1 Å². The molecule has 3 heteroatoms. The summed E-state index contributed by atoms with van der Waals surface area (Å²) in [7, 11) is 0. The average molecular weight is 226 g/mol. The average Bonchev–Trinajstić information content (AvgIpc) is 2.68. The largest absolute Gasteiger partial charge is 0.393 e. The van der Waals surface area contributed by atoms with Gasteiger partial charge in [-0.3, -0.25) is 9.59 Å². The fourth-order valence-corrected chi connectivity index (χ4v) is 3.46. The molecule has 0 saturated carbocycles. The lowest BCUT2D eigenvalue weighted by Crippen LogP contribution is -2.36. The predicted octanol–water partition coefficient (Wildman–Crippen LogP) is 1.75. The third-order valence-corrected chi connectivity index (χ3v) is 4.15. The van der Waals surface area contributed by atoms with E-state index in [9.17, 15) is 9.59 Å². The summed E-state index contributed by atoms with van der Waals surface area (Å²) in [5.74, 6) is -1.28. The highest BCUT2D eigenvalue weighted by molar-refractivity contribution is 5.99. The van der Waals surface area contributed by atoms with Crippen LogP contribution in [0.15, 0.2) is 36.4 Å². The van der Waals surface area contributed by atoms with Crippen LogP contribution in [-0.2, 0) is 14.3 Å². The van der Waals surface area contributed by atoms with Crippen molar-refractivity contribution in [1.82, 2.24) is 0 Å². The third kappa shape index (κ3) is 0.971.